The average Bonchev–Trinajstić information content (AvgIpc) is 3.07. The van der Waals surface area contributed by atoms with Crippen LogP contribution in [0.25, 0.3) is 11.4 Å². The van der Waals surface area contributed by atoms with E-state index in [1.807, 2.05) is 13.8 Å². The summed E-state index contributed by atoms with van der Waals surface area (Å²) < 4.78 is 16.6. The van der Waals surface area contributed by atoms with E-state index in [-0.39, 0.29) is 0 Å². The minimum Gasteiger partial charge on any atom is -0.494 e. The number of ether oxygens (including phenoxy) is 2. The zero-order chi connectivity index (χ0) is 17.2. The molecule has 0 aliphatic carbocycles. The van der Waals surface area contributed by atoms with Crippen LogP contribution in [0.3, 0.4) is 0 Å². The van der Waals surface area contributed by atoms with E-state index in [9.17, 15) is 0 Å². The van der Waals surface area contributed by atoms with Crippen LogP contribution in [0.2, 0.25) is 5.02 Å². The summed E-state index contributed by atoms with van der Waals surface area (Å²) in [6, 6.07) is 8.85. The number of halogens is 1. The monoisotopic (exact) mass is 345 g/mol. The van der Waals surface area contributed by atoms with E-state index in [1.165, 1.54) is 0 Å². The maximum Gasteiger partial charge on any atom is 0.270 e. The number of pyridine rings is 1. The highest BCUT2D eigenvalue weighted by Crippen LogP contribution is 2.31. The topological polar surface area (TPSA) is 70.3 Å². The van der Waals surface area contributed by atoms with Gasteiger partial charge < -0.3 is 14.0 Å². The Bertz CT molecular complexity index is 831. The third-order valence-corrected chi connectivity index (χ3v) is 3.63. The minimum absolute atomic E-state index is 0.353. The second kappa shape index (κ2) is 6.49. The predicted octanol–water partition coefficient (Wildman–Crippen LogP) is 4.11. The zero-order valence-corrected chi connectivity index (χ0v) is 14.2. The van der Waals surface area contributed by atoms with Crippen molar-refractivity contribution >= 4 is 11.6 Å². The number of benzene rings is 1. The van der Waals surface area contributed by atoms with E-state index < -0.39 is 5.60 Å². The summed E-state index contributed by atoms with van der Waals surface area (Å²) in [5.74, 6) is 2.00. The van der Waals surface area contributed by atoms with Crippen LogP contribution < -0.4 is 9.47 Å². The molecule has 7 heteroatoms. The van der Waals surface area contributed by atoms with Crippen molar-refractivity contribution in [3.8, 4) is 22.9 Å². The van der Waals surface area contributed by atoms with Gasteiger partial charge in [-0.1, -0.05) is 16.8 Å². The van der Waals surface area contributed by atoms with Crippen molar-refractivity contribution in [2.45, 2.75) is 19.4 Å². The largest absolute Gasteiger partial charge is 0.494 e. The van der Waals surface area contributed by atoms with Gasteiger partial charge in [0.25, 0.3) is 5.89 Å². The smallest absolute Gasteiger partial charge is 0.270 e. The average molecular weight is 346 g/mol. The number of rotatable bonds is 5. The molecular formula is C17H16ClN3O3. The van der Waals surface area contributed by atoms with Gasteiger partial charge in [-0.3, -0.25) is 4.98 Å². The van der Waals surface area contributed by atoms with Gasteiger partial charge in [0, 0.05) is 11.2 Å². The lowest BCUT2D eigenvalue weighted by molar-refractivity contribution is 0.0692. The van der Waals surface area contributed by atoms with E-state index in [0.717, 1.165) is 0 Å². The molecule has 0 aliphatic rings. The Morgan fingerprint density at radius 3 is 2.58 bits per heavy atom. The van der Waals surface area contributed by atoms with Gasteiger partial charge >= 0.3 is 0 Å². The van der Waals surface area contributed by atoms with Gasteiger partial charge in [-0.2, -0.15) is 4.98 Å². The molecule has 0 aliphatic heterocycles. The fraction of sp³-hybridized carbons (Fsp3) is 0.235. The standard InChI is InChI=1S/C17H16ClN3O3/c1-17(2,23-12-6-4-11(18)5-7-12)16-20-15(21-24-16)13-8-9-19-10-14(13)22-3/h4-10H,1-3H3. The van der Waals surface area contributed by atoms with E-state index in [2.05, 4.69) is 15.1 Å². The Labute approximate surface area is 144 Å². The third-order valence-electron chi connectivity index (χ3n) is 3.37. The van der Waals surface area contributed by atoms with Crippen LogP contribution in [-0.4, -0.2) is 22.2 Å². The Kier molecular flexibility index (Phi) is 4.40. The maximum atomic E-state index is 5.95. The van der Waals surface area contributed by atoms with Crippen molar-refractivity contribution in [3.05, 3.63) is 53.6 Å². The number of methoxy groups -OCH3 is 1. The highest BCUT2D eigenvalue weighted by atomic mass is 35.5. The van der Waals surface area contributed by atoms with Crippen molar-refractivity contribution in [2.24, 2.45) is 0 Å². The molecule has 0 saturated carbocycles. The van der Waals surface area contributed by atoms with Crippen LogP contribution >= 0.6 is 11.6 Å². The quantitative estimate of drug-likeness (QED) is 0.693. The number of hydrogen-bond acceptors (Lipinski definition) is 6. The van der Waals surface area contributed by atoms with Crippen LogP contribution in [0.15, 0.2) is 47.2 Å². The van der Waals surface area contributed by atoms with Crippen LogP contribution in [0.1, 0.15) is 19.7 Å². The summed E-state index contributed by atoms with van der Waals surface area (Å²) in [5, 5.41) is 4.67. The van der Waals surface area contributed by atoms with Gasteiger partial charge in [0.15, 0.2) is 5.60 Å². The van der Waals surface area contributed by atoms with Gasteiger partial charge in [-0.25, -0.2) is 0 Å². The summed E-state index contributed by atoms with van der Waals surface area (Å²) in [7, 11) is 1.56. The Balaban J connectivity index is 1.87. The first-order valence-corrected chi connectivity index (χ1v) is 7.64. The van der Waals surface area contributed by atoms with Gasteiger partial charge in [-0.15, -0.1) is 0 Å². The fourth-order valence-electron chi connectivity index (χ4n) is 2.15. The van der Waals surface area contributed by atoms with Crippen LogP contribution in [0.4, 0.5) is 0 Å². The molecule has 0 saturated heterocycles. The highest BCUT2D eigenvalue weighted by molar-refractivity contribution is 6.30. The summed E-state index contributed by atoms with van der Waals surface area (Å²) in [6.07, 6.45) is 3.24. The number of nitrogens with zero attached hydrogens (tertiary/aromatic N) is 3. The molecule has 0 atom stereocenters. The molecule has 0 amide bonds. The molecule has 3 aromatic rings. The second-order valence-electron chi connectivity index (χ2n) is 5.57. The molecule has 0 N–H and O–H groups in total. The molecule has 0 unspecified atom stereocenters. The molecule has 0 bridgehead atoms. The molecular weight excluding hydrogens is 330 g/mol. The normalized spacial score (nSPS) is 11.3. The summed E-state index contributed by atoms with van der Waals surface area (Å²) in [4.78, 5) is 8.45. The van der Waals surface area contributed by atoms with E-state index >= 15 is 0 Å². The van der Waals surface area contributed by atoms with Gasteiger partial charge in [-0.05, 0) is 44.2 Å². The van der Waals surface area contributed by atoms with Crippen molar-refractivity contribution < 1.29 is 14.0 Å². The van der Waals surface area contributed by atoms with Crippen molar-refractivity contribution in [1.29, 1.82) is 0 Å². The molecule has 3 rings (SSSR count). The van der Waals surface area contributed by atoms with Gasteiger partial charge in [0.2, 0.25) is 5.82 Å². The molecule has 0 radical (unpaired) electrons. The second-order valence-corrected chi connectivity index (χ2v) is 6.00. The van der Waals surface area contributed by atoms with Crippen LogP contribution in [0, 0.1) is 0 Å². The lowest BCUT2D eigenvalue weighted by Gasteiger charge is -2.22. The molecule has 2 heterocycles. The molecule has 124 valence electrons. The predicted molar refractivity (Wildman–Crippen MR) is 89.2 cm³/mol. The fourth-order valence-corrected chi connectivity index (χ4v) is 2.27. The lowest BCUT2D eigenvalue weighted by Crippen LogP contribution is -2.25. The SMILES string of the molecule is COc1cnccc1-c1noc(C(C)(C)Oc2ccc(Cl)cc2)n1. The molecule has 2 aromatic heterocycles. The molecule has 24 heavy (non-hydrogen) atoms. The first-order chi connectivity index (χ1) is 11.5. The minimum atomic E-state index is -0.806. The summed E-state index contributed by atoms with van der Waals surface area (Å²) in [5.41, 5.74) is -0.107. The van der Waals surface area contributed by atoms with Gasteiger partial charge in [0.1, 0.15) is 11.5 Å². The van der Waals surface area contributed by atoms with Gasteiger partial charge in [0.05, 0.1) is 18.9 Å². The maximum absolute atomic E-state index is 5.95. The van der Waals surface area contributed by atoms with Crippen molar-refractivity contribution in [1.82, 2.24) is 15.1 Å². The van der Waals surface area contributed by atoms with E-state index in [4.69, 9.17) is 25.6 Å². The first-order valence-electron chi connectivity index (χ1n) is 7.27. The molecule has 0 fully saturated rings. The van der Waals surface area contributed by atoms with Crippen molar-refractivity contribution in [3.63, 3.8) is 0 Å². The summed E-state index contributed by atoms with van der Waals surface area (Å²) in [6.45, 7) is 3.70. The summed E-state index contributed by atoms with van der Waals surface area (Å²) >= 11 is 5.89. The van der Waals surface area contributed by atoms with Crippen LogP contribution in [-0.2, 0) is 5.60 Å². The molecule has 1 aromatic carbocycles. The lowest BCUT2D eigenvalue weighted by atomic mass is 10.1. The number of aromatic nitrogens is 3. The Morgan fingerprint density at radius 2 is 1.88 bits per heavy atom. The highest BCUT2D eigenvalue weighted by Gasteiger charge is 2.30. The Hall–Kier alpha value is -2.60. The van der Waals surface area contributed by atoms with Crippen LogP contribution in [0.5, 0.6) is 11.5 Å². The first kappa shape index (κ1) is 16.3. The van der Waals surface area contributed by atoms with E-state index in [0.29, 0.717) is 33.8 Å². The third kappa shape index (κ3) is 3.33. The molecule has 0 spiro atoms. The number of hydrogen-bond donors (Lipinski definition) is 0. The van der Waals surface area contributed by atoms with E-state index in [1.54, 1.807) is 49.8 Å². The van der Waals surface area contributed by atoms with Crippen molar-refractivity contribution in [2.75, 3.05) is 7.11 Å². The Morgan fingerprint density at radius 1 is 1.12 bits per heavy atom. The molecule has 6 nitrogen and oxygen atoms in total. The zero-order valence-electron chi connectivity index (χ0n) is 13.5.